The Labute approximate surface area is 106 Å². The molecule has 92 valence electrons. The lowest BCUT2D eigenvalue weighted by Gasteiger charge is -2.18. The SMILES string of the molecule is Cc1ccc(CN(C)c2nccc(C)c2C#N)o1. The lowest BCUT2D eigenvalue weighted by molar-refractivity contribution is 0.481. The summed E-state index contributed by atoms with van der Waals surface area (Å²) in [5.74, 6) is 2.44. The van der Waals surface area contributed by atoms with Crippen molar-refractivity contribution in [2.24, 2.45) is 0 Å². The fourth-order valence-electron chi connectivity index (χ4n) is 1.85. The van der Waals surface area contributed by atoms with Crippen molar-refractivity contribution < 1.29 is 4.42 Å². The Bertz CT molecular complexity index is 595. The van der Waals surface area contributed by atoms with Crippen LogP contribution < -0.4 is 4.90 Å². The minimum atomic E-state index is 0.596. The minimum Gasteiger partial charge on any atom is -0.464 e. The lowest BCUT2D eigenvalue weighted by Crippen LogP contribution is -2.19. The van der Waals surface area contributed by atoms with Crippen LogP contribution >= 0.6 is 0 Å². The highest BCUT2D eigenvalue weighted by Gasteiger charge is 2.12. The van der Waals surface area contributed by atoms with Crippen molar-refractivity contribution >= 4 is 5.82 Å². The van der Waals surface area contributed by atoms with E-state index in [0.29, 0.717) is 17.9 Å². The number of rotatable bonds is 3. The van der Waals surface area contributed by atoms with Crippen molar-refractivity contribution in [1.29, 1.82) is 5.26 Å². The fourth-order valence-corrected chi connectivity index (χ4v) is 1.85. The molecule has 0 N–H and O–H groups in total. The van der Waals surface area contributed by atoms with Crippen molar-refractivity contribution in [3.05, 3.63) is 47.0 Å². The highest BCUT2D eigenvalue weighted by molar-refractivity contribution is 5.56. The molecule has 0 radical (unpaired) electrons. The molecule has 0 spiro atoms. The van der Waals surface area contributed by atoms with Crippen LogP contribution in [0.25, 0.3) is 0 Å². The zero-order valence-electron chi connectivity index (χ0n) is 10.8. The van der Waals surface area contributed by atoms with Gasteiger partial charge >= 0.3 is 0 Å². The topological polar surface area (TPSA) is 53.1 Å². The predicted molar refractivity (Wildman–Crippen MR) is 69.2 cm³/mol. The summed E-state index contributed by atoms with van der Waals surface area (Å²) in [5.41, 5.74) is 1.55. The van der Waals surface area contributed by atoms with E-state index in [1.807, 2.05) is 44.0 Å². The van der Waals surface area contributed by atoms with Crippen LogP contribution in [0.3, 0.4) is 0 Å². The van der Waals surface area contributed by atoms with Gasteiger partial charge in [0.25, 0.3) is 0 Å². The highest BCUT2D eigenvalue weighted by atomic mass is 16.3. The molecule has 4 heteroatoms. The first-order chi connectivity index (χ1) is 8.61. The molecule has 0 aliphatic carbocycles. The van der Waals surface area contributed by atoms with Gasteiger partial charge in [-0.15, -0.1) is 0 Å². The molecule has 0 bridgehead atoms. The number of aryl methyl sites for hydroxylation is 2. The van der Waals surface area contributed by atoms with Gasteiger partial charge in [-0.25, -0.2) is 4.98 Å². The van der Waals surface area contributed by atoms with Crippen LogP contribution in [0.5, 0.6) is 0 Å². The molecule has 0 fully saturated rings. The molecule has 4 nitrogen and oxygen atoms in total. The van der Waals surface area contributed by atoms with E-state index < -0.39 is 0 Å². The summed E-state index contributed by atoms with van der Waals surface area (Å²) in [6.45, 7) is 4.42. The average molecular weight is 241 g/mol. The highest BCUT2D eigenvalue weighted by Crippen LogP contribution is 2.21. The van der Waals surface area contributed by atoms with E-state index in [0.717, 1.165) is 17.1 Å². The predicted octanol–water partition coefficient (Wildman–Crippen LogP) is 2.80. The van der Waals surface area contributed by atoms with Gasteiger partial charge in [-0.3, -0.25) is 0 Å². The number of nitrogens with zero attached hydrogens (tertiary/aromatic N) is 3. The van der Waals surface area contributed by atoms with Gasteiger partial charge in [0, 0.05) is 13.2 Å². The van der Waals surface area contributed by atoms with Gasteiger partial charge in [-0.05, 0) is 37.6 Å². The van der Waals surface area contributed by atoms with Crippen LogP contribution in [0, 0.1) is 25.2 Å². The summed E-state index contributed by atoms with van der Waals surface area (Å²) in [4.78, 5) is 6.20. The summed E-state index contributed by atoms with van der Waals surface area (Å²) >= 11 is 0. The van der Waals surface area contributed by atoms with Gasteiger partial charge in [0.05, 0.1) is 12.1 Å². The summed E-state index contributed by atoms with van der Waals surface area (Å²) in [7, 11) is 1.90. The molecule has 0 amide bonds. The molecule has 18 heavy (non-hydrogen) atoms. The fraction of sp³-hybridized carbons (Fsp3) is 0.286. The number of furan rings is 1. The molecule has 0 aromatic carbocycles. The Kier molecular flexibility index (Phi) is 3.33. The van der Waals surface area contributed by atoms with E-state index in [2.05, 4.69) is 11.1 Å². The van der Waals surface area contributed by atoms with Gasteiger partial charge in [0.2, 0.25) is 0 Å². The Morgan fingerprint density at radius 3 is 2.72 bits per heavy atom. The Balaban J connectivity index is 2.27. The van der Waals surface area contributed by atoms with Crippen LogP contribution in [0.4, 0.5) is 5.82 Å². The van der Waals surface area contributed by atoms with E-state index in [1.165, 1.54) is 0 Å². The molecule has 2 heterocycles. The number of hydrogen-bond donors (Lipinski definition) is 0. The number of aromatic nitrogens is 1. The second kappa shape index (κ2) is 4.92. The maximum Gasteiger partial charge on any atom is 0.146 e. The Morgan fingerprint density at radius 1 is 1.33 bits per heavy atom. The van der Waals surface area contributed by atoms with E-state index in [9.17, 15) is 5.26 Å². The van der Waals surface area contributed by atoms with Crippen LogP contribution in [0.1, 0.15) is 22.6 Å². The van der Waals surface area contributed by atoms with Gasteiger partial charge in [-0.1, -0.05) is 0 Å². The normalized spacial score (nSPS) is 10.1. The molecule has 2 aromatic rings. The number of pyridine rings is 1. The van der Waals surface area contributed by atoms with Gasteiger partial charge in [0.1, 0.15) is 23.4 Å². The van der Waals surface area contributed by atoms with Crippen molar-refractivity contribution in [2.45, 2.75) is 20.4 Å². The Morgan fingerprint density at radius 2 is 2.11 bits per heavy atom. The molecule has 0 aliphatic rings. The molecule has 0 unspecified atom stereocenters. The van der Waals surface area contributed by atoms with E-state index in [1.54, 1.807) is 6.20 Å². The summed E-state index contributed by atoms with van der Waals surface area (Å²) in [6.07, 6.45) is 1.72. The van der Waals surface area contributed by atoms with Gasteiger partial charge < -0.3 is 9.32 Å². The number of hydrogen-bond acceptors (Lipinski definition) is 4. The van der Waals surface area contributed by atoms with Gasteiger partial charge in [0.15, 0.2) is 0 Å². The summed E-state index contributed by atoms with van der Waals surface area (Å²) in [6, 6.07) is 7.91. The van der Waals surface area contributed by atoms with Crippen LogP contribution in [-0.2, 0) is 6.54 Å². The zero-order chi connectivity index (χ0) is 13.1. The standard InChI is InChI=1S/C14H15N3O/c1-10-6-7-16-14(13(10)8-15)17(3)9-12-5-4-11(2)18-12/h4-7H,9H2,1-3H3. The smallest absolute Gasteiger partial charge is 0.146 e. The molecule has 0 atom stereocenters. The third kappa shape index (κ3) is 2.35. The van der Waals surface area contributed by atoms with Gasteiger partial charge in [-0.2, -0.15) is 5.26 Å². The quantitative estimate of drug-likeness (QED) is 0.829. The monoisotopic (exact) mass is 241 g/mol. The number of anilines is 1. The first kappa shape index (κ1) is 12.2. The maximum atomic E-state index is 9.18. The maximum absolute atomic E-state index is 9.18. The Hall–Kier alpha value is -2.28. The third-order valence-corrected chi connectivity index (χ3v) is 2.80. The first-order valence-electron chi connectivity index (χ1n) is 5.74. The van der Waals surface area contributed by atoms with E-state index >= 15 is 0 Å². The average Bonchev–Trinajstić information content (AvgIpc) is 2.74. The lowest BCUT2D eigenvalue weighted by atomic mass is 10.1. The van der Waals surface area contributed by atoms with E-state index in [4.69, 9.17) is 4.42 Å². The molecular formula is C14H15N3O. The number of nitriles is 1. The molecular weight excluding hydrogens is 226 g/mol. The van der Waals surface area contributed by atoms with Crippen molar-refractivity contribution in [3.63, 3.8) is 0 Å². The van der Waals surface area contributed by atoms with Crippen LogP contribution in [-0.4, -0.2) is 12.0 Å². The second-order valence-corrected chi connectivity index (χ2v) is 4.31. The molecule has 0 saturated carbocycles. The molecule has 0 aliphatic heterocycles. The first-order valence-corrected chi connectivity index (χ1v) is 5.74. The summed E-state index contributed by atoms with van der Waals surface area (Å²) in [5, 5.41) is 9.18. The van der Waals surface area contributed by atoms with Crippen LogP contribution in [0.2, 0.25) is 0 Å². The molecule has 2 rings (SSSR count). The van der Waals surface area contributed by atoms with E-state index in [-0.39, 0.29) is 0 Å². The van der Waals surface area contributed by atoms with Crippen molar-refractivity contribution in [2.75, 3.05) is 11.9 Å². The molecule has 2 aromatic heterocycles. The summed E-state index contributed by atoms with van der Waals surface area (Å²) < 4.78 is 5.53. The third-order valence-electron chi connectivity index (χ3n) is 2.80. The zero-order valence-corrected chi connectivity index (χ0v) is 10.8. The minimum absolute atomic E-state index is 0.596. The van der Waals surface area contributed by atoms with Crippen molar-refractivity contribution in [1.82, 2.24) is 4.98 Å². The van der Waals surface area contributed by atoms with Crippen LogP contribution in [0.15, 0.2) is 28.8 Å². The second-order valence-electron chi connectivity index (χ2n) is 4.31. The van der Waals surface area contributed by atoms with Crippen molar-refractivity contribution in [3.8, 4) is 6.07 Å². The molecule has 0 saturated heterocycles. The largest absolute Gasteiger partial charge is 0.464 e.